The van der Waals surface area contributed by atoms with Gasteiger partial charge in [-0.15, -0.1) is 0 Å². The number of nitrogens with two attached hydrogens (primary N) is 1. The zero-order valence-electron chi connectivity index (χ0n) is 12.2. The van der Waals surface area contributed by atoms with E-state index in [1.54, 1.807) is 4.90 Å². The Morgan fingerprint density at radius 2 is 2.29 bits per heavy atom. The highest BCUT2D eigenvalue weighted by Gasteiger charge is 2.35. The van der Waals surface area contributed by atoms with Crippen molar-refractivity contribution < 1.29 is 13.9 Å². The largest absolute Gasteiger partial charge is 0.484 e. The molecule has 21 heavy (non-hydrogen) atoms. The number of ether oxygens (including phenoxy) is 1. The first-order valence-corrected chi connectivity index (χ1v) is 7.28. The van der Waals surface area contributed by atoms with Crippen LogP contribution in [0.15, 0.2) is 18.2 Å². The summed E-state index contributed by atoms with van der Waals surface area (Å²) >= 11 is 5.67. The Balaban J connectivity index is 1.91. The van der Waals surface area contributed by atoms with E-state index >= 15 is 0 Å². The summed E-state index contributed by atoms with van der Waals surface area (Å²) in [6.45, 7) is 5.26. The van der Waals surface area contributed by atoms with Crippen molar-refractivity contribution in [2.45, 2.75) is 26.3 Å². The van der Waals surface area contributed by atoms with E-state index in [2.05, 4.69) is 13.8 Å². The maximum atomic E-state index is 13.0. The predicted octanol–water partition coefficient (Wildman–Crippen LogP) is 2.44. The lowest BCUT2D eigenvalue weighted by Gasteiger charge is -2.42. The monoisotopic (exact) mass is 314 g/mol. The number of rotatable bonds is 3. The highest BCUT2D eigenvalue weighted by Crippen LogP contribution is 2.28. The Kier molecular flexibility index (Phi) is 4.74. The van der Waals surface area contributed by atoms with Crippen LogP contribution in [0.5, 0.6) is 5.75 Å². The first-order valence-electron chi connectivity index (χ1n) is 6.91. The van der Waals surface area contributed by atoms with Gasteiger partial charge in [-0.05, 0) is 24.0 Å². The third-order valence-corrected chi connectivity index (χ3v) is 4.21. The van der Waals surface area contributed by atoms with Crippen molar-refractivity contribution in [3.8, 4) is 5.75 Å². The molecular formula is C15H20ClFN2O2. The van der Waals surface area contributed by atoms with Gasteiger partial charge in [-0.3, -0.25) is 4.79 Å². The summed E-state index contributed by atoms with van der Waals surface area (Å²) < 4.78 is 18.4. The lowest BCUT2D eigenvalue weighted by Crippen LogP contribution is -2.54. The highest BCUT2D eigenvalue weighted by atomic mass is 35.5. The second-order valence-corrected chi connectivity index (χ2v) is 6.47. The molecule has 2 rings (SSSR count). The van der Waals surface area contributed by atoms with Gasteiger partial charge in [0.25, 0.3) is 5.91 Å². The van der Waals surface area contributed by atoms with Gasteiger partial charge in [-0.1, -0.05) is 25.4 Å². The fourth-order valence-corrected chi connectivity index (χ4v) is 2.56. The minimum Gasteiger partial charge on any atom is -0.484 e. The summed E-state index contributed by atoms with van der Waals surface area (Å²) in [6.07, 6.45) is 0.779. The summed E-state index contributed by atoms with van der Waals surface area (Å²) in [5.74, 6) is -0.236. The maximum absolute atomic E-state index is 13.0. The Hall–Kier alpha value is -1.33. The lowest BCUT2D eigenvalue weighted by molar-refractivity contribution is -0.136. The van der Waals surface area contributed by atoms with Gasteiger partial charge in [0.15, 0.2) is 6.61 Å². The molecule has 0 aromatic heterocycles. The SMILES string of the molecule is CC1(C)CN(C(=O)COc2ccc(F)c(Cl)c2)CCC1N. The summed E-state index contributed by atoms with van der Waals surface area (Å²) in [4.78, 5) is 13.9. The van der Waals surface area contributed by atoms with Crippen LogP contribution >= 0.6 is 11.6 Å². The average molecular weight is 315 g/mol. The first kappa shape index (κ1) is 16.0. The van der Waals surface area contributed by atoms with Gasteiger partial charge in [0.1, 0.15) is 11.6 Å². The van der Waals surface area contributed by atoms with E-state index in [1.165, 1.54) is 18.2 Å². The molecule has 1 aliphatic heterocycles. The number of nitrogens with zero attached hydrogens (tertiary/aromatic N) is 1. The van der Waals surface area contributed by atoms with Crippen molar-refractivity contribution in [1.29, 1.82) is 0 Å². The molecule has 4 nitrogen and oxygen atoms in total. The van der Waals surface area contributed by atoms with Gasteiger partial charge < -0.3 is 15.4 Å². The van der Waals surface area contributed by atoms with Crippen LogP contribution in [0.3, 0.4) is 0 Å². The smallest absolute Gasteiger partial charge is 0.260 e. The number of amides is 1. The van der Waals surface area contributed by atoms with Crippen LogP contribution in [0.25, 0.3) is 0 Å². The van der Waals surface area contributed by atoms with E-state index in [1.807, 2.05) is 0 Å². The molecule has 6 heteroatoms. The third-order valence-electron chi connectivity index (χ3n) is 3.92. The van der Waals surface area contributed by atoms with Crippen LogP contribution in [0.2, 0.25) is 5.02 Å². The number of carbonyl (C=O) groups excluding carboxylic acids is 1. The molecular weight excluding hydrogens is 295 g/mol. The second-order valence-electron chi connectivity index (χ2n) is 6.06. The van der Waals surface area contributed by atoms with Crippen molar-refractivity contribution in [3.63, 3.8) is 0 Å². The number of likely N-dealkylation sites (tertiary alicyclic amines) is 1. The van der Waals surface area contributed by atoms with E-state index in [0.717, 1.165) is 6.42 Å². The van der Waals surface area contributed by atoms with Crippen LogP contribution in [-0.4, -0.2) is 36.5 Å². The van der Waals surface area contributed by atoms with Gasteiger partial charge in [0, 0.05) is 25.2 Å². The molecule has 1 unspecified atom stereocenters. The topological polar surface area (TPSA) is 55.6 Å². The molecule has 116 valence electrons. The second kappa shape index (κ2) is 6.20. The average Bonchev–Trinajstić information content (AvgIpc) is 2.42. The molecule has 1 heterocycles. The normalized spacial score (nSPS) is 21.2. The van der Waals surface area contributed by atoms with Crippen LogP contribution in [-0.2, 0) is 4.79 Å². The fourth-order valence-electron chi connectivity index (χ4n) is 2.39. The number of carbonyl (C=O) groups is 1. The molecule has 0 saturated carbocycles. The Morgan fingerprint density at radius 3 is 2.90 bits per heavy atom. The van der Waals surface area contributed by atoms with Crippen LogP contribution in [0.4, 0.5) is 4.39 Å². The van der Waals surface area contributed by atoms with Crippen molar-refractivity contribution in [3.05, 3.63) is 29.0 Å². The highest BCUT2D eigenvalue weighted by molar-refractivity contribution is 6.30. The number of piperidine rings is 1. The quantitative estimate of drug-likeness (QED) is 0.932. The van der Waals surface area contributed by atoms with Gasteiger partial charge in [0.2, 0.25) is 0 Å². The molecule has 1 aromatic carbocycles. The van der Waals surface area contributed by atoms with Crippen molar-refractivity contribution in [2.75, 3.05) is 19.7 Å². The number of hydrogen-bond donors (Lipinski definition) is 1. The first-order chi connectivity index (χ1) is 9.79. The Labute approximate surface area is 129 Å². The van der Waals surface area contributed by atoms with Crippen molar-refractivity contribution in [1.82, 2.24) is 4.90 Å². The van der Waals surface area contributed by atoms with Gasteiger partial charge >= 0.3 is 0 Å². The van der Waals surface area contributed by atoms with Gasteiger partial charge in [-0.2, -0.15) is 0 Å². The zero-order valence-corrected chi connectivity index (χ0v) is 13.0. The summed E-state index contributed by atoms with van der Waals surface area (Å²) in [7, 11) is 0. The molecule has 0 aliphatic carbocycles. The molecule has 1 fully saturated rings. The number of hydrogen-bond acceptors (Lipinski definition) is 3. The molecule has 1 saturated heterocycles. The Bertz CT molecular complexity index is 536. The number of halogens is 2. The Morgan fingerprint density at radius 1 is 1.57 bits per heavy atom. The van der Waals surface area contributed by atoms with Crippen LogP contribution < -0.4 is 10.5 Å². The van der Waals surface area contributed by atoms with Crippen LogP contribution in [0.1, 0.15) is 20.3 Å². The zero-order chi connectivity index (χ0) is 15.6. The van der Waals surface area contributed by atoms with Crippen LogP contribution in [0, 0.1) is 11.2 Å². The molecule has 1 atom stereocenters. The third kappa shape index (κ3) is 3.86. The molecule has 1 aromatic rings. The minimum absolute atomic E-state index is 0.0231. The van der Waals surface area contributed by atoms with E-state index < -0.39 is 5.82 Å². The van der Waals surface area contributed by atoms with E-state index in [4.69, 9.17) is 22.1 Å². The molecule has 0 bridgehead atoms. The number of benzene rings is 1. The maximum Gasteiger partial charge on any atom is 0.260 e. The van der Waals surface area contributed by atoms with Gasteiger partial charge in [-0.25, -0.2) is 4.39 Å². The van der Waals surface area contributed by atoms with Crippen molar-refractivity contribution in [2.24, 2.45) is 11.1 Å². The molecule has 2 N–H and O–H groups in total. The minimum atomic E-state index is -0.512. The summed E-state index contributed by atoms with van der Waals surface area (Å²) in [5.41, 5.74) is 5.95. The van der Waals surface area contributed by atoms with E-state index in [9.17, 15) is 9.18 Å². The van der Waals surface area contributed by atoms with Crippen molar-refractivity contribution >= 4 is 17.5 Å². The fraction of sp³-hybridized carbons (Fsp3) is 0.533. The lowest BCUT2D eigenvalue weighted by atomic mass is 9.80. The standard InChI is InChI=1S/C15H20ClFN2O2/c1-15(2)9-19(6-5-13(15)18)14(20)8-21-10-3-4-12(17)11(16)7-10/h3-4,7,13H,5-6,8-9,18H2,1-2H3. The van der Waals surface area contributed by atoms with Gasteiger partial charge in [0.05, 0.1) is 5.02 Å². The summed E-state index contributed by atoms with van der Waals surface area (Å²) in [5, 5.41) is -0.0231. The predicted molar refractivity (Wildman–Crippen MR) is 79.9 cm³/mol. The molecule has 0 radical (unpaired) electrons. The van der Waals surface area contributed by atoms with E-state index in [-0.39, 0.29) is 29.0 Å². The van der Waals surface area contributed by atoms with E-state index in [0.29, 0.717) is 18.8 Å². The molecule has 0 spiro atoms. The summed E-state index contributed by atoms with van der Waals surface area (Å²) in [6, 6.07) is 4.12. The molecule has 1 aliphatic rings. The molecule has 1 amide bonds.